The van der Waals surface area contributed by atoms with Crippen molar-refractivity contribution in [1.82, 2.24) is 14.8 Å². The van der Waals surface area contributed by atoms with Crippen LogP contribution in [0.3, 0.4) is 0 Å². The zero-order chi connectivity index (χ0) is 16.5. The van der Waals surface area contributed by atoms with Crippen LogP contribution in [0.5, 0.6) is 0 Å². The van der Waals surface area contributed by atoms with Crippen LogP contribution < -0.4 is 0 Å². The fourth-order valence-electron chi connectivity index (χ4n) is 3.11. The molecule has 1 aromatic rings. The minimum absolute atomic E-state index is 0.00654. The summed E-state index contributed by atoms with van der Waals surface area (Å²) in [4.78, 5) is 21.1. The van der Waals surface area contributed by atoms with Gasteiger partial charge in [-0.05, 0) is 31.4 Å². The van der Waals surface area contributed by atoms with Gasteiger partial charge >= 0.3 is 0 Å². The van der Waals surface area contributed by atoms with Gasteiger partial charge in [-0.2, -0.15) is 0 Å². The highest BCUT2D eigenvalue weighted by atomic mass is 16.3. The number of aromatic nitrogens is 1. The van der Waals surface area contributed by atoms with E-state index in [4.69, 9.17) is 0 Å². The molecule has 1 aliphatic heterocycles. The van der Waals surface area contributed by atoms with Crippen LogP contribution in [0, 0.1) is 0 Å². The summed E-state index contributed by atoms with van der Waals surface area (Å²) in [6.07, 6.45) is 7.22. The van der Waals surface area contributed by atoms with Crippen LogP contribution in [0.15, 0.2) is 24.4 Å². The third kappa shape index (κ3) is 5.59. The summed E-state index contributed by atoms with van der Waals surface area (Å²) >= 11 is 0. The molecule has 1 N–H and O–H groups in total. The van der Waals surface area contributed by atoms with E-state index in [-0.39, 0.29) is 18.6 Å². The molecule has 0 spiro atoms. The standard InChI is InChI=1S/C18H29N3O2/c1-2-17(15-22)21(13-16-9-5-6-10-19-16)14-18(23)20-11-7-3-4-8-12-20/h5-6,9-10,17,22H,2-4,7-8,11-15H2,1H3/t17-/m1/s1. The maximum absolute atomic E-state index is 12.7. The summed E-state index contributed by atoms with van der Waals surface area (Å²) in [6.45, 7) is 4.80. The van der Waals surface area contributed by atoms with E-state index < -0.39 is 0 Å². The second-order valence-electron chi connectivity index (χ2n) is 6.27. The van der Waals surface area contributed by atoms with Gasteiger partial charge in [0.05, 0.1) is 18.8 Å². The highest BCUT2D eigenvalue weighted by Crippen LogP contribution is 2.13. The molecule has 0 radical (unpaired) electrons. The molecule has 1 atom stereocenters. The zero-order valence-electron chi connectivity index (χ0n) is 14.2. The molecule has 128 valence electrons. The van der Waals surface area contributed by atoms with Crippen LogP contribution in [0.2, 0.25) is 0 Å². The fraction of sp³-hybridized carbons (Fsp3) is 0.667. The fourth-order valence-corrected chi connectivity index (χ4v) is 3.11. The van der Waals surface area contributed by atoms with E-state index in [1.807, 2.05) is 30.0 Å². The van der Waals surface area contributed by atoms with Gasteiger partial charge in [-0.15, -0.1) is 0 Å². The van der Waals surface area contributed by atoms with Gasteiger partial charge in [-0.1, -0.05) is 25.8 Å². The first-order valence-electron chi connectivity index (χ1n) is 8.77. The third-order valence-corrected chi connectivity index (χ3v) is 4.59. The predicted molar refractivity (Wildman–Crippen MR) is 90.9 cm³/mol. The second kappa shape index (κ2) is 9.63. The molecular weight excluding hydrogens is 290 g/mol. The molecule has 1 aromatic heterocycles. The maximum Gasteiger partial charge on any atom is 0.236 e. The van der Waals surface area contributed by atoms with Gasteiger partial charge in [-0.3, -0.25) is 14.7 Å². The molecule has 1 fully saturated rings. The van der Waals surface area contributed by atoms with Gasteiger partial charge in [0.1, 0.15) is 0 Å². The number of hydrogen-bond acceptors (Lipinski definition) is 4. The lowest BCUT2D eigenvalue weighted by atomic mass is 10.2. The summed E-state index contributed by atoms with van der Waals surface area (Å²) in [7, 11) is 0. The molecule has 0 aliphatic carbocycles. The van der Waals surface area contributed by atoms with Crippen LogP contribution in [-0.4, -0.2) is 58.1 Å². The minimum Gasteiger partial charge on any atom is -0.395 e. The SMILES string of the molecule is CC[C@H](CO)N(CC(=O)N1CCCCCC1)Cc1ccccn1. The summed E-state index contributed by atoms with van der Waals surface area (Å²) in [6, 6.07) is 5.80. The number of rotatable bonds is 7. The third-order valence-electron chi connectivity index (χ3n) is 4.59. The lowest BCUT2D eigenvalue weighted by Crippen LogP contribution is -2.45. The smallest absolute Gasteiger partial charge is 0.236 e. The first-order valence-corrected chi connectivity index (χ1v) is 8.77. The van der Waals surface area contributed by atoms with Crippen molar-refractivity contribution in [1.29, 1.82) is 0 Å². The minimum atomic E-state index is -0.00654. The number of nitrogens with zero attached hydrogens (tertiary/aromatic N) is 3. The zero-order valence-corrected chi connectivity index (χ0v) is 14.2. The highest BCUT2D eigenvalue weighted by molar-refractivity contribution is 5.78. The Morgan fingerprint density at radius 1 is 1.30 bits per heavy atom. The summed E-state index contributed by atoms with van der Waals surface area (Å²) in [5.74, 6) is 0.176. The van der Waals surface area contributed by atoms with Gasteiger partial charge in [0.25, 0.3) is 0 Å². The molecule has 1 saturated heterocycles. The van der Waals surface area contributed by atoms with Gasteiger partial charge < -0.3 is 10.0 Å². The molecule has 0 unspecified atom stereocenters. The average molecular weight is 319 g/mol. The number of hydrogen-bond donors (Lipinski definition) is 1. The van der Waals surface area contributed by atoms with E-state index in [1.165, 1.54) is 12.8 Å². The topological polar surface area (TPSA) is 56.7 Å². The Hall–Kier alpha value is -1.46. The molecule has 1 amide bonds. The number of aliphatic hydroxyl groups is 1. The molecular formula is C18H29N3O2. The van der Waals surface area contributed by atoms with Crippen LogP contribution in [0.25, 0.3) is 0 Å². The number of carbonyl (C=O) groups is 1. The van der Waals surface area contributed by atoms with Crippen LogP contribution >= 0.6 is 0 Å². The van der Waals surface area contributed by atoms with E-state index in [0.29, 0.717) is 13.1 Å². The Kier molecular flexibility index (Phi) is 7.49. The molecule has 1 aliphatic rings. The molecule has 2 heterocycles. The second-order valence-corrected chi connectivity index (χ2v) is 6.27. The Morgan fingerprint density at radius 3 is 2.61 bits per heavy atom. The Balaban J connectivity index is 2.02. The summed E-state index contributed by atoms with van der Waals surface area (Å²) in [5.41, 5.74) is 0.933. The molecule has 0 saturated carbocycles. The monoisotopic (exact) mass is 319 g/mol. The van der Waals surface area contributed by atoms with E-state index in [9.17, 15) is 9.90 Å². The highest BCUT2D eigenvalue weighted by Gasteiger charge is 2.23. The van der Waals surface area contributed by atoms with Crippen molar-refractivity contribution in [2.45, 2.75) is 51.6 Å². The lowest BCUT2D eigenvalue weighted by molar-refractivity contribution is -0.133. The normalized spacial score (nSPS) is 17.1. The lowest BCUT2D eigenvalue weighted by Gasteiger charge is -2.31. The van der Waals surface area contributed by atoms with Crippen molar-refractivity contribution >= 4 is 5.91 Å². The first-order chi connectivity index (χ1) is 11.2. The van der Waals surface area contributed by atoms with Crippen LogP contribution in [-0.2, 0) is 11.3 Å². The molecule has 2 rings (SSSR count). The van der Waals surface area contributed by atoms with Crippen LogP contribution in [0.1, 0.15) is 44.7 Å². The molecule has 23 heavy (non-hydrogen) atoms. The Morgan fingerprint density at radius 2 is 2.04 bits per heavy atom. The largest absolute Gasteiger partial charge is 0.395 e. The van der Waals surface area contributed by atoms with Crippen molar-refractivity contribution in [3.63, 3.8) is 0 Å². The first kappa shape index (κ1) is 17.9. The number of amides is 1. The Bertz CT molecular complexity index is 455. The number of aliphatic hydroxyl groups excluding tert-OH is 1. The molecule has 0 bridgehead atoms. The van der Waals surface area contributed by atoms with Gasteiger partial charge in [0.2, 0.25) is 5.91 Å². The van der Waals surface area contributed by atoms with Crippen LogP contribution in [0.4, 0.5) is 0 Å². The van der Waals surface area contributed by atoms with Gasteiger partial charge in [0.15, 0.2) is 0 Å². The molecule has 0 aromatic carbocycles. The number of carbonyl (C=O) groups excluding carboxylic acids is 1. The van der Waals surface area contributed by atoms with E-state index >= 15 is 0 Å². The van der Waals surface area contributed by atoms with E-state index in [2.05, 4.69) is 9.88 Å². The van der Waals surface area contributed by atoms with Crippen molar-refractivity contribution in [3.05, 3.63) is 30.1 Å². The summed E-state index contributed by atoms with van der Waals surface area (Å²) in [5, 5.41) is 9.66. The Labute approximate surface area is 139 Å². The number of pyridine rings is 1. The summed E-state index contributed by atoms with van der Waals surface area (Å²) < 4.78 is 0. The van der Waals surface area contributed by atoms with Gasteiger partial charge in [-0.25, -0.2) is 0 Å². The van der Waals surface area contributed by atoms with Crippen molar-refractivity contribution in [2.24, 2.45) is 0 Å². The molecule has 5 heteroatoms. The van der Waals surface area contributed by atoms with Crippen molar-refractivity contribution < 1.29 is 9.90 Å². The predicted octanol–water partition coefficient (Wildman–Crippen LogP) is 2.06. The van der Waals surface area contributed by atoms with E-state index in [1.54, 1.807) is 6.20 Å². The average Bonchev–Trinajstić information content (AvgIpc) is 2.86. The van der Waals surface area contributed by atoms with Gasteiger partial charge in [0, 0.05) is 31.9 Å². The number of likely N-dealkylation sites (tertiary alicyclic amines) is 1. The maximum atomic E-state index is 12.7. The quantitative estimate of drug-likeness (QED) is 0.836. The molecule has 5 nitrogen and oxygen atoms in total. The van der Waals surface area contributed by atoms with Crippen molar-refractivity contribution in [2.75, 3.05) is 26.2 Å². The van der Waals surface area contributed by atoms with E-state index in [0.717, 1.165) is 38.0 Å². The van der Waals surface area contributed by atoms with Crippen molar-refractivity contribution in [3.8, 4) is 0 Å².